The number of hydrogen-bond donors (Lipinski definition) is 2. The molecule has 30 heavy (non-hydrogen) atoms. The van der Waals surface area contributed by atoms with Crippen molar-refractivity contribution in [3.63, 3.8) is 0 Å². The Morgan fingerprint density at radius 2 is 1.70 bits per heavy atom. The highest BCUT2D eigenvalue weighted by Crippen LogP contribution is 2.17. The van der Waals surface area contributed by atoms with Crippen LogP contribution in [0.2, 0.25) is 0 Å². The molecule has 3 rings (SSSR count). The number of hydrazone groups is 1. The Labute approximate surface area is 182 Å². The minimum Gasteiger partial charge on any atom is -0.497 e. The number of carbonyl (C=O) groups is 1. The molecular weight excluding hydrogens is 474 g/mol. The van der Waals surface area contributed by atoms with Crippen molar-refractivity contribution in [2.45, 2.75) is 11.8 Å². The number of carbonyl (C=O) groups excluding carboxylic acids is 1. The molecule has 1 heterocycles. The van der Waals surface area contributed by atoms with Crippen LogP contribution in [0.3, 0.4) is 0 Å². The topological polar surface area (TPSA) is 110 Å². The maximum atomic E-state index is 12.4. The minimum absolute atomic E-state index is 0.0717. The lowest BCUT2D eigenvalue weighted by Crippen LogP contribution is -2.20. The van der Waals surface area contributed by atoms with Crippen LogP contribution < -0.4 is 14.9 Å². The van der Waals surface area contributed by atoms with Gasteiger partial charge in [0.25, 0.3) is 15.9 Å². The van der Waals surface area contributed by atoms with E-state index < -0.39 is 10.0 Å². The molecule has 0 atom stereocenters. The quantitative estimate of drug-likeness (QED) is 0.383. The van der Waals surface area contributed by atoms with Crippen LogP contribution >= 0.6 is 15.9 Å². The highest BCUT2D eigenvalue weighted by molar-refractivity contribution is 9.10. The molecule has 0 aliphatic carbocycles. The second kappa shape index (κ2) is 9.14. The van der Waals surface area contributed by atoms with E-state index in [1.54, 1.807) is 55.5 Å². The maximum absolute atomic E-state index is 12.4. The van der Waals surface area contributed by atoms with Crippen LogP contribution in [0.15, 0.2) is 79.7 Å². The Hall–Kier alpha value is -3.11. The van der Waals surface area contributed by atoms with Crippen molar-refractivity contribution in [1.29, 1.82) is 0 Å². The zero-order valence-corrected chi connectivity index (χ0v) is 18.5. The van der Waals surface area contributed by atoms with E-state index in [0.717, 1.165) is 0 Å². The van der Waals surface area contributed by atoms with Crippen LogP contribution in [-0.2, 0) is 10.0 Å². The fourth-order valence-corrected chi connectivity index (χ4v) is 3.59. The number of amides is 1. The number of hydrogen-bond acceptors (Lipinski definition) is 6. The Morgan fingerprint density at radius 3 is 2.27 bits per heavy atom. The molecule has 2 N–H and O–H groups in total. The molecule has 0 saturated carbocycles. The van der Waals surface area contributed by atoms with Gasteiger partial charge < -0.3 is 14.5 Å². The van der Waals surface area contributed by atoms with Gasteiger partial charge in [-0.3, -0.25) is 4.79 Å². The smallest absolute Gasteiger partial charge is 0.291 e. The lowest BCUT2D eigenvalue weighted by atomic mass is 10.1. The van der Waals surface area contributed by atoms with Gasteiger partial charge in [-0.2, -0.15) is 18.4 Å². The second-order valence-corrected chi connectivity index (χ2v) is 8.55. The molecule has 10 heteroatoms. The van der Waals surface area contributed by atoms with Crippen molar-refractivity contribution in [1.82, 2.24) is 4.83 Å². The number of benzene rings is 2. The van der Waals surface area contributed by atoms with Gasteiger partial charge in [-0.05, 0) is 76.9 Å². The van der Waals surface area contributed by atoms with Crippen LogP contribution in [0, 0.1) is 0 Å². The molecule has 0 unspecified atom stereocenters. The van der Waals surface area contributed by atoms with Gasteiger partial charge in [0.15, 0.2) is 10.4 Å². The normalized spacial score (nSPS) is 11.8. The molecule has 0 aliphatic heterocycles. The predicted octanol–water partition coefficient (Wildman–Crippen LogP) is 4.01. The average Bonchev–Trinajstić information content (AvgIpc) is 3.19. The van der Waals surface area contributed by atoms with Crippen LogP contribution in [0.5, 0.6) is 5.75 Å². The zero-order chi connectivity index (χ0) is 21.7. The minimum atomic E-state index is -3.81. The lowest BCUT2D eigenvalue weighted by molar-refractivity contribution is 0.0995. The predicted molar refractivity (Wildman–Crippen MR) is 116 cm³/mol. The molecule has 0 saturated heterocycles. The summed E-state index contributed by atoms with van der Waals surface area (Å²) in [5, 5.41) is 6.68. The van der Waals surface area contributed by atoms with E-state index in [4.69, 9.17) is 9.15 Å². The number of rotatable bonds is 7. The summed E-state index contributed by atoms with van der Waals surface area (Å²) in [4.78, 5) is 14.4. The van der Waals surface area contributed by atoms with Gasteiger partial charge in [-0.25, -0.2) is 0 Å². The Bertz CT molecular complexity index is 1170. The zero-order valence-electron chi connectivity index (χ0n) is 16.0. The van der Waals surface area contributed by atoms with E-state index in [0.29, 0.717) is 27.4 Å². The fourth-order valence-electron chi connectivity index (χ4n) is 2.42. The van der Waals surface area contributed by atoms with Crippen LogP contribution in [0.1, 0.15) is 23.0 Å². The van der Waals surface area contributed by atoms with Crippen molar-refractivity contribution in [3.05, 3.63) is 76.7 Å². The van der Waals surface area contributed by atoms with Gasteiger partial charge in [0.05, 0.1) is 17.7 Å². The first-order valence-corrected chi connectivity index (χ1v) is 10.9. The molecular formula is C20H18BrN3O5S. The van der Waals surface area contributed by atoms with E-state index in [9.17, 15) is 13.2 Å². The van der Waals surface area contributed by atoms with Crippen LogP contribution in [-0.4, -0.2) is 27.1 Å². The molecule has 3 aromatic rings. The summed E-state index contributed by atoms with van der Waals surface area (Å²) in [6.45, 7) is 1.67. The first-order valence-electron chi connectivity index (χ1n) is 8.66. The SMILES string of the molecule is COc1ccc(S(=O)(=O)N/N=C(/C)c2ccc(NC(=O)c3ccc(Br)o3)cc2)cc1. The highest BCUT2D eigenvalue weighted by Gasteiger charge is 2.14. The molecule has 0 bridgehead atoms. The molecule has 0 fully saturated rings. The van der Waals surface area contributed by atoms with E-state index in [1.165, 1.54) is 19.2 Å². The summed E-state index contributed by atoms with van der Waals surface area (Å²) in [5.41, 5.74) is 1.70. The Kier molecular flexibility index (Phi) is 6.58. The first-order chi connectivity index (χ1) is 14.3. The summed E-state index contributed by atoms with van der Waals surface area (Å²) in [6, 6.07) is 16.0. The Balaban J connectivity index is 1.66. The van der Waals surface area contributed by atoms with E-state index >= 15 is 0 Å². The van der Waals surface area contributed by atoms with Gasteiger partial charge in [0.1, 0.15) is 5.75 Å². The monoisotopic (exact) mass is 491 g/mol. The van der Waals surface area contributed by atoms with Gasteiger partial charge in [-0.1, -0.05) is 12.1 Å². The van der Waals surface area contributed by atoms with Crippen LogP contribution in [0.25, 0.3) is 0 Å². The number of ether oxygens (including phenoxy) is 1. The summed E-state index contributed by atoms with van der Waals surface area (Å²) in [6.07, 6.45) is 0. The number of sulfonamides is 1. The van der Waals surface area contributed by atoms with Crippen LogP contribution in [0.4, 0.5) is 5.69 Å². The van der Waals surface area contributed by atoms with Crippen molar-refractivity contribution in [2.75, 3.05) is 12.4 Å². The maximum Gasteiger partial charge on any atom is 0.291 e. The fraction of sp³-hybridized carbons (Fsp3) is 0.100. The van der Waals surface area contributed by atoms with Gasteiger partial charge in [-0.15, -0.1) is 0 Å². The number of nitrogens with zero attached hydrogens (tertiary/aromatic N) is 1. The van der Waals surface area contributed by atoms with E-state index in [1.807, 2.05) is 0 Å². The highest BCUT2D eigenvalue weighted by atomic mass is 79.9. The number of furan rings is 1. The number of methoxy groups -OCH3 is 1. The lowest BCUT2D eigenvalue weighted by Gasteiger charge is -2.07. The van der Waals surface area contributed by atoms with Crippen molar-refractivity contribution in [3.8, 4) is 5.75 Å². The molecule has 1 aromatic heterocycles. The van der Waals surface area contributed by atoms with Crippen molar-refractivity contribution in [2.24, 2.45) is 5.10 Å². The first kappa shape index (κ1) is 21.6. The summed E-state index contributed by atoms with van der Waals surface area (Å²) >= 11 is 3.15. The van der Waals surface area contributed by atoms with Gasteiger partial charge in [0, 0.05) is 5.69 Å². The third-order valence-electron chi connectivity index (χ3n) is 4.06. The molecule has 2 aromatic carbocycles. The molecule has 0 spiro atoms. The number of halogens is 1. The van der Waals surface area contributed by atoms with Crippen molar-refractivity contribution < 1.29 is 22.4 Å². The molecule has 156 valence electrons. The third-order valence-corrected chi connectivity index (χ3v) is 5.71. The Morgan fingerprint density at radius 1 is 1.03 bits per heavy atom. The summed E-state index contributed by atoms with van der Waals surface area (Å²) in [5.74, 6) is 0.350. The largest absolute Gasteiger partial charge is 0.497 e. The van der Waals surface area contributed by atoms with Gasteiger partial charge >= 0.3 is 0 Å². The molecule has 0 radical (unpaired) electrons. The molecule has 8 nitrogen and oxygen atoms in total. The summed E-state index contributed by atoms with van der Waals surface area (Å²) in [7, 11) is -2.30. The number of anilines is 1. The van der Waals surface area contributed by atoms with Gasteiger partial charge in [0.2, 0.25) is 0 Å². The third kappa shape index (κ3) is 5.28. The summed E-state index contributed by atoms with van der Waals surface area (Å²) < 4.78 is 35.4. The van der Waals surface area contributed by atoms with E-state index in [2.05, 4.69) is 31.2 Å². The van der Waals surface area contributed by atoms with E-state index in [-0.39, 0.29) is 16.6 Å². The standard InChI is InChI=1S/C20H18BrN3O5S/c1-13(23-24-30(26,27)17-9-7-16(28-2)8-10-17)14-3-5-15(6-4-14)22-20(25)18-11-12-19(21)29-18/h3-12,24H,1-2H3,(H,22,25)/b23-13-. The number of nitrogens with one attached hydrogen (secondary N) is 2. The molecule has 1 amide bonds. The second-order valence-electron chi connectivity index (χ2n) is 6.10. The molecule has 0 aliphatic rings. The van der Waals surface area contributed by atoms with Crippen molar-refractivity contribution >= 4 is 43.3 Å². The average molecular weight is 492 g/mol.